The summed E-state index contributed by atoms with van der Waals surface area (Å²) in [5.74, 6) is -12.5. The number of amides is 11. The number of carboxylic acids is 1. The number of rotatable bonds is 38. The summed E-state index contributed by atoms with van der Waals surface area (Å²) < 4.78 is 0. The molecule has 1 aliphatic heterocycles. The van der Waals surface area contributed by atoms with Crippen LogP contribution in [0.5, 0.6) is 5.75 Å². The molecule has 0 bridgehead atoms. The number of guanidine groups is 1. The molecule has 1 aliphatic rings. The first-order chi connectivity index (χ1) is 42.7. The number of aliphatic hydroxyl groups is 1. The third-order valence-electron chi connectivity index (χ3n) is 14.8. The molecule has 11 amide bonds. The number of aliphatic hydroxyl groups excluding tert-OH is 1. The Morgan fingerprint density at radius 3 is 1.64 bits per heavy atom. The quantitative estimate of drug-likeness (QED) is 0.0175. The zero-order valence-electron chi connectivity index (χ0n) is 53.2. The number of carbonyl (C=O) groups excluding carboxylic acids is 11. The molecule has 2 aromatic rings. The molecule has 0 saturated carbocycles. The van der Waals surface area contributed by atoms with Crippen molar-refractivity contribution in [3.63, 3.8) is 0 Å². The maximum absolute atomic E-state index is 14.2. The number of phenolic OH excluding ortho intramolecular Hbond substituents is 1. The molecule has 11 atom stereocenters. The molecular formula is C59H95N17O15. The van der Waals surface area contributed by atoms with Crippen LogP contribution in [-0.2, 0) is 70.4 Å². The van der Waals surface area contributed by atoms with E-state index in [9.17, 15) is 72.9 Å². The Morgan fingerprint density at radius 1 is 0.626 bits per heavy atom. The van der Waals surface area contributed by atoms with E-state index in [4.69, 9.17) is 22.9 Å². The fraction of sp³-hybridized carbons (Fsp3) is 0.627. The fourth-order valence-corrected chi connectivity index (χ4v) is 9.83. The van der Waals surface area contributed by atoms with E-state index in [1.165, 1.54) is 48.6 Å². The van der Waals surface area contributed by atoms with Gasteiger partial charge in [-0.2, -0.15) is 0 Å². The zero-order valence-corrected chi connectivity index (χ0v) is 53.2. The number of aromatic hydroxyl groups is 1. The van der Waals surface area contributed by atoms with Crippen molar-refractivity contribution in [1.82, 2.24) is 62.7 Å². The lowest BCUT2D eigenvalue weighted by Crippen LogP contribution is -2.62. The Kier molecular flexibility index (Phi) is 31.3. The van der Waals surface area contributed by atoms with Crippen LogP contribution in [0.4, 0.5) is 0 Å². The number of phenols is 1. The van der Waals surface area contributed by atoms with E-state index in [1.807, 2.05) is 13.8 Å². The molecule has 0 unspecified atom stereocenters. The van der Waals surface area contributed by atoms with Gasteiger partial charge in [-0.3, -0.25) is 62.5 Å². The maximum atomic E-state index is 14.2. The number of primary amides is 1. The van der Waals surface area contributed by atoms with Crippen molar-refractivity contribution >= 4 is 76.9 Å². The van der Waals surface area contributed by atoms with Gasteiger partial charge in [0, 0.05) is 44.2 Å². The number of benzene rings is 1. The van der Waals surface area contributed by atoms with E-state index < -0.39 is 169 Å². The van der Waals surface area contributed by atoms with Crippen LogP contribution in [0.15, 0.2) is 41.8 Å². The van der Waals surface area contributed by atoms with Gasteiger partial charge in [0.1, 0.15) is 66.2 Å². The summed E-state index contributed by atoms with van der Waals surface area (Å²) in [6.45, 7) is 14.1. The third kappa shape index (κ3) is 25.8. The number of hydrogen-bond acceptors (Lipinski definition) is 17. The number of likely N-dealkylation sites (tertiary alicyclic amines) is 1. The number of aromatic nitrogens is 2. The number of imidazole rings is 1. The number of carbonyl (C=O) groups is 12. The molecule has 1 aromatic heterocycles. The molecule has 32 heteroatoms. The summed E-state index contributed by atoms with van der Waals surface area (Å²) in [6.07, 6.45) is 2.94. The minimum atomic E-state index is -1.71. The highest BCUT2D eigenvalue weighted by Gasteiger charge is 2.40. The molecular weight excluding hydrogens is 1190 g/mol. The van der Waals surface area contributed by atoms with Crippen LogP contribution in [0.25, 0.3) is 0 Å². The number of nitrogens with one attached hydrogen (secondary N) is 10. The van der Waals surface area contributed by atoms with Crippen LogP contribution in [0.1, 0.15) is 125 Å². The smallest absolute Gasteiger partial charge is 0.303 e. The SMILES string of the molecule is CC(C)C[C@H](NC(=O)[C@H](CC(C)C)NC(=O)[C@@H](NC(=O)[C@H](CO)NC(=O)[C@@H](NC(=O)[C@H](C)NC(=O)[C@H](Cc1ccc(O)cc1)NC(=O)[C@H](CCC(=O)O)NC(=O)[C@@H]1CCCN1C(=O)[C@@H](N)Cc1cnc[nH]1)C(C)C)C(C)C)C(=O)N[C@@H](CCCN=C(N)N)C(N)=O. The summed E-state index contributed by atoms with van der Waals surface area (Å²) in [6, 6.07) is -9.09. The topological polar surface area (TPSA) is 522 Å². The molecule has 1 aromatic carbocycles. The largest absolute Gasteiger partial charge is 0.508 e. The first-order valence-corrected chi connectivity index (χ1v) is 30.4. The van der Waals surface area contributed by atoms with Gasteiger partial charge in [0.2, 0.25) is 65.0 Å². The van der Waals surface area contributed by atoms with Crippen molar-refractivity contribution < 1.29 is 72.9 Å². The van der Waals surface area contributed by atoms with E-state index in [0.717, 1.165) is 0 Å². The van der Waals surface area contributed by atoms with Gasteiger partial charge in [-0.15, -0.1) is 0 Å². The van der Waals surface area contributed by atoms with Crippen LogP contribution < -0.4 is 70.8 Å². The molecule has 3 rings (SSSR count). The lowest BCUT2D eigenvalue weighted by Gasteiger charge is -2.30. The minimum absolute atomic E-state index is 0.0763. The van der Waals surface area contributed by atoms with Crippen LogP contribution in [-0.4, -0.2) is 193 Å². The summed E-state index contributed by atoms with van der Waals surface area (Å²) in [4.78, 5) is 175. The normalized spacial score (nSPS) is 16.3. The van der Waals surface area contributed by atoms with Crippen molar-refractivity contribution in [2.75, 3.05) is 19.7 Å². The van der Waals surface area contributed by atoms with Crippen molar-refractivity contribution in [3.8, 4) is 5.75 Å². The molecule has 506 valence electrons. The number of hydrogen-bond donors (Lipinski definition) is 17. The predicted molar refractivity (Wildman–Crippen MR) is 332 cm³/mol. The first kappa shape index (κ1) is 76.3. The predicted octanol–water partition coefficient (Wildman–Crippen LogP) is -3.60. The standard InChI is InChI=1S/C59H95N17O15/c1-29(2)22-40(52(85)68-38(48(61)81)12-10-20-65-59(62)63)70-53(86)41(23-30(3)4)72-56(89)47(32(7)8)75-54(87)43(27-77)73-57(90)46(31(5)6)74-49(82)33(9)67-51(84)42(24-34-14-16-36(78)17-15-34)71-50(83)39(18-19-45(79)80)69-55(88)44-13-11-21-76(44)58(91)37(60)25-35-26-64-28-66-35/h14-17,26,28-33,37-44,46-47,77-78H,10-13,18-25,27,60H2,1-9H3,(H2,61,81)(H,64,66)(H,67,84)(H,68,85)(H,69,88)(H,70,86)(H,71,83)(H,72,89)(H,73,90)(H,74,82)(H,75,87)(H,79,80)(H4,62,63,65)/t33-,37-,38-,39-,40-,41-,42-,43-,44-,46-,47-/m0/s1. The average Bonchev–Trinajstić information content (AvgIpc) is 1.98. The van der Waals surface area contributed by atoms with Gasteiger partial charge < -0.3 is 96.0 Å². The molecule has 0 spiro atoms. The number of H-pyrrole nitrogens is 1. The lowest BCUT2D eigenvalue weighted by molar-refractivity contribution is -0.141. The Morgan fingerprint density at radius 2 is 1.13 bits per heavy atom. The van der Waals surface area contributed by atoms with Gasteiger partial charge in [0.15, 0.2) is 5.96 Å². The number of nitrogens with two attached hydrogens (primary N) is 4. The highest BCUT2D eigenvalue weighted by molar-refractivity contribution is 5.99. The molecule has 32 nitrogen and oxygen atoms in total. The van der Waals surface area contributed by atoms with Crippen molar-refractivity contribution in [2.24, 2.45) is 51.6 Å². The number of aliphatic imine (C=N–C) groups is 1. The van der Waals surface area contributed by atoms with Gasteiger partial charge >= 0.3 is 5.97 Å². The molecule has 2 heterocycles. The van der Waals surface area contributed by atoms with Gasteiger partial charge in [-0.25, -0.2) is 4.98 Å². The van der Waals surface area contributed by atoms with Gasteiger partial charge in [0.05, 0.1) is 19.0 Å². The maximum Gasteiger partial charge on any atom is 0.303 e. The van der Waals surface area contributed by atoms with E-state index in [-0.39, 0.29) is 75.2 Å². The summed E-state index contributed by atoms with van der Waals surface area (Å²) in [7, 11) is 0. The summed E-state index contributed by atoms with van der Waals surface area (Å²) in [5.41, 5.74) is 23.5. The van der Waals surface area contributed by atoms with E-state index >= 15 is 0 Å². The average molecular weight is 1280 g/mol. The second-order valence-corrected chi connectivity index (χ2v) is 24.2. The van der Waals surface area contributed by atoms with Crippen LogP contribution in [0, 0.1) is 23.7 Å². The van der Waals surface area contributed by atoms with Crippen LogP contribution in [0.2, 0.25) is 0 Å². The molecule has 21 N–H and O–H groups in total. The number of aliphatic carboxylic acids is 1. The Labute approximate surface area is 528 Å². The van der Waals surface area contributed by atoms with Crippen molar-refractivity contribution in [2.45, 2.75) is 193 Å². The number of aromatic amines is 1. The second kappa shape index (κ2) is 37.3. The van der Waals surface area contributed by atoms with Gasteiger partial charge in [-0.1, -0.05) is 67.5 Å². The third-order valence-corrected chi connectivity index (χ3v) is 14.8. The number of carboxylic acid groups (broad SMARTS) is 1. The molecule has 0 aliphatic carbocycles. The second-order valence-electron chi connectivity index (χ2n) is 24.2. The Hall–Kier alpha value is -8.94. The monoisotopic (exact) mass is 1280 g/mol. The lowest BCUT2D eigenvalue weighted by atomic mass is 9.98. The number of nitrogens with zero attached hydrogens (tertiary/aromatic N) is 3. The molecule has 91 heavy (non-hydrogen) atoms. The minimum Gasteiger partial charge on any atom is -0.508 e. The zero-order chi connectivity index (χ0) is 68.4. The van der Waals surface area contributed by atoms with Crippen molar-refractivity contribution in [1.29, 1.82) is 0 Å². The Bertz CT molecular complexity index is 2830. The van der Waals surface area contributed by atoms with Crippen LogP contribution >= 0.6 is 0 Å². The summed E-state index contributed by atoms with van der Waals surface area (Å²) >= 11 is 0. The molecule has 0 radical (unpaired) electrons. The van der Waals surface area contributed by atoms with E-state index in [1.54, 1.807) is 41.5 Å². The fourth-order valence-electron chi connectivity index (χ4n) is 9.83. The highest BCUT2D eigenvalue weighted by atomic mass is 16.4. The Balaban J connectivity index is 1.76. The van der Waals surface area contributed by atoms with Crippen LogP contribution in [0.3, 0.4) is 0 Å². The van der Waals surface area contributed by atoms with E-state index in [0.29, 0.717) is 24.1 Å². The molecule has 1 fully saturated rings. The highest BCUT2D eigenvalue weighted by Crippen LogP contribution is 2.21. The molecule has 1 saturated heterocycles. The van der Waals surface area contributed by atoms with Crippen molar-refractivity contribution in [3.05, 3.63) is 48.0 Å². The van der Waals surface area contributed by atoms with Gasteiger partial charge in [-0.05, 0) is 93.2 Å². The summed E-state index contributed by atoms with van der Waals surface area (Å²) in [5, 5.41) is 53.0. The first-order valence-electron chi connectivity index (χ1n) is 30.4. The van der Waals surface area contributed by atoms with E-state index in [2.05, 4.69) is 62.8 Å². The van der Waals surface area contributed by atoms with Gasteiger partial charge in [0.25, 0.3) is 0 Å².